The zero-order chi connectivity index (χ0) is 25.4. The van der Waals surface area contributed by atoms with Crippen molar-refractivity contribution in [3.63, 3.8) is 0 Å². The number of anilines is 2. The third-order valence-electron chi connectivity index (χ3n) is 6.64. The second-order valence-corrected chi connectivity index (χ2v) is 9.43. The lowest BCUT2D eigenvalue weighted by molar-refractivity contribution is 0.102. The number of amides is 1. The van der Waals surface area contributed by atoms with E-state index in [0.29, 0.717) is 47.0 Å². The number of nitrogens with one attached hydrogen (secondary N) is 1. The molecule has 4 aromatic rings. The molecule has 2 aliphatic heterocycles. The van der Waals surface area contributed by atoms with Crippen molar-refractivity contribution in [2.45, 2.75) is 19.9 Å². The van der Waals surface area contributed by atoms with Crippen molar-refractivity contribution in [3.8, 4) is 22.8 Å². The fourth-order valence-corrected chi connectivity index (χ4v) is 4.71. The smallest absolute Gasteiger partial charge is 0.256 e. The summed E-state index contributed by atoms with van der Waals surface area (Å²) >= 11 is 0. The summed E-state index contributed by atoms with van der Waals surface area (Å²) in [7, 11) is 0. The van der Waals surface area contributed by atoms with Gasteiger partial charge in [-0.15, -0.1) is 0 Å². The molecule has 6 rings (SSSR count). The van der Waals surface area contributed by atoms with Gasteiger partial charge in [-0.3, -0.25) is 4.79 Å². The molecule has 2 aromatic heterocycles. The van der Waals surface area contributed by atoms with Gasteiger partial charge in [0.15, 0.2) is 17.1 Å². The van der Waals surface area contributed by atoms with Crippen molar-refractivity contribution in [3.05, 3.63) is 60.3 Å². The summed E-state index contributed by atoms with van der Waals surface area (Å²) in [5.74, 6) is 1.17. The van der Waals surface area contributed by atoms with E-state index < -0.39 is 0 Å². The predicted octanol–water partition coefficient (Wildman–Crippen LogP) is 4.54. The van der Waals surface area contributed by atoms with Crippen molar-refractivity contribution in [1.82, 2.24) is 14.8 Å². The molecule has 2 aromatic carbocycles. The number of carbonyl (C=O) groups excluding carboxylic acids is 1. The first-order chi connectivity index (χ1) is 18.1. The number of carbonyl (C=O) groups is 1. The zero-order valence-electron chi connectivity index (χ0n) is 20.9. The first-order valence-corrected chi connectivity index (χ1v) is 12.6. The Labute approximate surface area is 215 Å². The molecule has 1 saturated heterocycles. The van der Waals surface area contributed by atoms with Gasteiger partial charge in [-0.2, -0.15) is 5.10 Å². The highest BCUT2D eigenvalue weighted by Crippen LogP contribution is 2.35. The number of fused-ring (bicyclic) bond motifs is 2. The normalized spacial score (nSPS) is 15.3. The third-order valence-corrected chi connectivity index (χ3v) is 6.64. The molecule has 0 radical (unpaired) electrons. The van der Waals surface area contributed by atoms with Crippen LogP contribution in [0.25, 0.3) is 22.3 Å². The van der Waals surface area contributed by atoms with Crippen LogP contribution < -0.4 is 19.7 Å². The lowest BCUT2D eigenvalue weighted by Crippen LogP contribution is -2.36. The van der Waals surface area contributed by atoms with Gasteiger partial charge in [0.2, 0.25) is 0 Å². The van der Waals surface area contributed by atoms with E-state index in [1.54, 1.807) is 6.20 Å². The molecule has 37 heavy (non-hydrogen) atoms. The van der Waals surface area contributed by atoms with E-state index in [4.69, 9.17) is 19.2 Å². The minimum atomic E-state index is -0.214. The molecule has 1 amide bonds. The van der Waals surface area contributed by atoms with Crippen molar-refractivity contribution in [2.24, 2.45) is 0 Å². The second kappa shape index (κ2) is 9.74. The molecule has 0 spiro atoms. The van der Waals surface area contributed by atoms with Crippen LogP contribution in [0.4, 0.5) is 11.4 Å². The van der Waals surface area contributed by atoms with Gasteiger partial charge in [0.05, 0.1) is 36.1 Å². The maximum Gasteiger partial charge on any atom is 0.256 e. The number of hydrogen-bond donors (Lipinski definition) is 1. The quantitative estimate of drug-likeness (QED) is 0.431. The molecule has 9 nitrogen and oxygen atoms in total. The lowest BCUT2D eigenvalue weighted by atomic mass is 10.1. The Morgan fingerprint density at radius 2 is 1.70 bits per heavy atom. The molecule has 190 valence electrons. The Bertz CT molecular complexity index is 1440. The summed E-state index contributed by atoms with van der Waals surface area (Å²) in [5, 5.41) is 8.29. The summed E-state index contributed by atoms with van der Waals surface area (Å²) in [4.78, 5) is 20.7. The zero-order valence-corrected chi connectivity index (χ0v) is 20.9. The molecule has 0 bridgehead atoms. The fourth-order valence-electron chi connectivity index (χ4n) is 4.71. The molecule has 2 aliphatic rings. The maximum atomic E-state index is 13.6. The highest BCUT2D eigenvalue weighted by molar-refractivity contribution is 6.12. The van der Waals surface area contributed by atoms with Crippen LogP contribution in [0.15, 0.2) is 54.7 Å². The molecule has 9 heteroatoms. The Kier molecular flexibility index (Phi) is 6.13. The molecule has 0 saturated carbocycles. The highest BCUT2D eigenvalue weighted by atomic mass is 16.6. The Hall–Kier alpha value is -4.11. The van der Waals surface area contributed by atoms with E-state index in [1.165, 1.54) is 0 Å². The van der Waals surface area contributed by atoms with Gasteiger partial charge in [0, 0.05) is 36.1 Å². The molecule has 0 atom stereocenters. The molecule has 0 aliphatic carbocycles. The summed E-state index contributed by atoms with van der Waals surface area (Å²) in [5.41, 5.74) is 4.52. The molecule has 1 N–H and O–H groups in total. The maximum absolute atomic E-state index is 13.6. The van der Waals surface area contributed by atoms with Gasteiger partial charge >= 0.3 is 0 Å². The molecular formula is C28H29N5O4. The average Bonchev–Trinajstić information content (AvgIpc) is 3.37. The monoisotopic (exact) mass is 499 g/mol. The van der Waals surface area contributed by atoms with E-state index in [-0.39, 0.29) is 11.9 Å². The lowest BCUT2D eigenvalue weighted by Gasteiger charge is -2.28. The molecule has 1 fully saturated rings. The van der Waals surface area contributed by atoms with Gasteiger partial charge in [0.25, 0.3) is 5.91 Å². The summed E-state index contributed by atoms with van der Waals surface area (Å²) < 4.78 is 18.7. The minimum Gasteiger partial charge on any atom is -0.486 e. The summed E-state index contributed by atoms with van der Waals surface area (Å²) in [6.07, 6.45) is 1.71. The number of ether oxygens (including phenoxy) is 3. The third kappa shape index (κ3) is 4.58. The van der Waals surface area contributed by atoms with E-state index in [9.17, 15) is 4.79 Å². The summed E-state index contributed by atoms with van der Waals surface area (Å²) in [6, 6.07) is 15.5. The molecular weight excluding hydrogens is 470 g/mol. The summed E-state index contributed by atoms with van der Waals surface area (Å²) in [6.45, 7) is 8.30. The second-order valence-electron chi connectivity index (χ2n) is 9.43. The number of pyridine rings is 1. The number of nitrogens with zero attached hydrogens (tertiary/aromatic N) is 4. The van der Waals surface area contributed by atoms with Crippen LogP contribution in [0.5, 0.6) is 11.5 Å². The van der Waals surface area contributed by atoms with Gasteiger partial charge in [0.1, 0.15) is 13.2 Å². The van der Waals surface area contributed by atoms with Gasteiger partial charge < -0.3 is 24.4 Å². The van der Waals surface area contributed by atoms with Crippen molar-refractivity contribution >= 4 is 28.3 Å². The minimum absolute atomic E-state index is 0.0872. The van der Waals surface area contributed by atoms with Crippen LogP contribution >= 0.6 is 0 Å². The number of benzene rings is 2. The Morgan fingerprint density at radius 3 is 2.46 bits per heavy atom. The van der Waals surface area contributed by atoms with E-state index in [2.05, 4.69) is 15.3 Å². The van der Waals surface area contributed by atoms with Crippen LogP contribution in [0.2, 0.25) is 0 Å². The van der Waals surface area contributed by atoms with Gasteiger partial charge in [-0.25, -0.2) is 9.67 Å². The van der Waals surface area contributed by atoms with E-state index in [1.807, 2.05) is 67.1 Å². The largest absolute Gasteiger partial charge is 0.486 e. The Morgan fingerprint density at radius 1 is 0.946 bits per heavy atom. The van der Waals surface area contributed by atoms with Gasteiger partial charge in [-0.05, 0) is 62.4 Å². The van der Waals surface area contributed by atoms with E-state index in [0.717, 1.165) is 43.2 Å². The van der Waals surface area contributed by atoms with Gasteiger partial charge in [-0.1, -0.05) is 0 Å². The predicted molar refractivity (Wildman–Crippen MR) is 142 cm³/mol. The van der Waals surface area contributed by atoms with Crippen molar-refractivity contribution < 1.29 is 19.0 Å². The first-order valence-electron chi connectivity index (χ1n) is 12.6. The highest BCUT2D eigenvalue weighted by Gasteiger charge is 2.20. The SMILES string of the molecule is CC(C)n1ncc2c(C(=O)Nc3ccc(N4CCOCC4)cc3)cc(-c3ccc4c(c3)OCCO4)nc21. The number of aromatic nitrogens is 3. The number of rotatable bonds is 5. The van der Waals surface area contributed by atoms with Crippen LogP contribution in [0.1, 0.15) is 30.2 Å². The van der Waals surface area contributed by atoms with Crippen molar-refractivity contribution in [1.29, 1.82) is 0 Å². The van der Waals surface area contributed by atoms with Crippen LogP contribution in [0.3, 0.4) is 0 Å². The van der Waals surface area contributed by atoms with E-state index >= 15 is 0 Å². The van der Waals surface area contributed by atoms with Crippen LogP contribution in [0, 0.1) is 0 Å². The van der Waals surface area contributed by atoms with Crippen molar-refractivity contribution in [2.75, 3.05) is 49.7 Å². The Balaban J connectivity index is 1.34. The fraction of sp³-hybridized carbons (Fsp3) is 0.321. The van der Waals surface area contributed by atoms with Crippen LogP contribution in [-0.2, 0) is 4.74 Å². The van der Waals surface area contributed by atoms with Crippen LogP contribution in [-0.4, -0.2) is 60.2 Å². The first kappa shape index (κ1) is 23.3. The number of morpholine rings is 1. The molecule has 0 unspecified atom stereocenters. The standard InChI is InChI=1S/C28H29N5O4/c1-18(2)33-27-23(17-29-33)22(16-24(31-27)19-3-8-25-26(15-19)37-14-13-36-25)28(34)30-20-4-6-21(7-5-20)32-9-11-35-12-10-32/h3-8,15-18H,9-14H2,1-2H3,(H,30,34). The number of hydrogen-bond acceptors (Lipinski definition) is 7. The molecule has 4 heterocycles. The topological polar surface area (TPSA) is 90.7 Å². The average molecular weight is 500 g/mol.